The predicted molar refractivity (Wildman–Crippen MR) is 97.8 cm³/mol. The molecule has 0 saturated heterocycles. The summed E-state index contributed by atoms with van der Waals surface area (Å²) in [6.45, 7) is 0.943. The smallest absolute Gasteiger partial charge is 0.271 e. The number of aryl methyl sites for hydroxylation is 1. The highest BCUT2D eigenvalue weighted by atomic mass is 32.2. The molecule has 2 amide bonds. The molecule has 0 fully saturated rings. The van der Waals surface area contributed by atoms with Crippen molar-refractivity contribution >= 4 is 23.6 Å². The predicted octanol–water partition coefficient (Wildman–Crippen LogP) is 1.58. The molecule has 0 aliphatic carbocycles. The van der Waals surface area contributed by atoms with E-state index in [0.29, 0.717) is 11.5 Å². The first kappa shape index (κ1) is 17.8. The zero-order valence-corrected chi connectivity index (χ0v) is 15.5. The minimum atomic E-state index is -0.849. The van der Waals surface area contributed by atoms with Gasteiger partial charge in [0.2, 0.25) is 12.0 Å². The standard InChI is InChI=1S/C18H20N4O4S/c23-16(11-27-18-21-20-15-8-2-1-5-9-22(15)18)19-17(24)14-10-25-12-6-3-4-7-13(12)26-14/h3-4,6-7,14H,1-2,5,8-11H2,(H,19,23,24). The van der Waals surface area contributed by atoms with Gasteiger partial charge in [0.25, 0.3) is 5.91 Å². The Hall–Kier alpha value is -2.55. The first-order valence-electron chi connectivity index (χ1n) is 8.98. The molecule has 2 aliphatic heterocycles. The van der Waals surface area contributed by atoms with Gasteiger partial charge in [-0.05, 0) is 25.0 Å². The first-order valence-corrected chi connectivity index (χ1v) is 9.96. The van der Waals surface area contributed by atoms with Crippen molar-refractivity contribution < 1.29 is 19.1 Å². The Morgan fingerprint density at radius 1 is 1.19 bits per heavy atom. The lowest BCUT2D eigenvalue weighted by Gasteiger charge is -2.25. The summed E-state index contributed by atoms with van der Waals surface area (Å²) < 4.78 is 13.2. The molecule has 142 valence electrons. The van der Waals surface area contributed by atoms with Gasteiger partial charge in [0.1, 0.15) is 12.4 Å². The molecule has 4 rings (SSSR count). The van der Waals surface area contributed by atoms with Gasteiger partial charge in [0.15, 0.2) is 16.7 Å². The van der Waals surface area contributed by atoms with Crippen LogP contribution in [0.5, 0.6) is 11.5 Å². The summed E-state index contributed by atoms with van der Waals surface area (Å²) in [6, 6.07) is 7.12. The van der Waals surface area contributed by atoms with E-state index in [2.05, 4.69) is 20.1 Å². The molecule has 1 aromatic carbocycles. The number of nitrogens with zero attached hydrogens (tertiary/aromatic N) is 3. The van der Waals surface area contributed by atoms with E-state index >= 15 is 0 Å². The first-order chi connectivity index (χ1) is 13.2. The number of rotatable bonds is 4. The molecule has 0 bridgehead atoms. The van der Waals surface area contributed by atoms with E-state index in [-0.39, 0.29) is 12.4 Å². The molecule has 3 heterocycles. The number of thioether (sulfide) groups is 1. The van der Waals surface area contributed by atoms with Crippen LogP contribution >= 0.6 is 11.8 Å². The lowest BCUT2D eigenvalue weighted by atomic mass is 10.2. The second-order valence-corrected chi connectivity index (χ2v) is 7.37. The zero-order valence-electron chi connectivity index (χ0n) is 14.7. The van der Waals surface area contributed by atoms with Crippen LogP contribution in [-0.4, -0.2) is 45.0 Å². The fourth-order valence-electron chi connectivity index (χ4n) is 3.10. The molecule has 0 spiro atoms. The van der Waals surface area contributed by atoms with Crippen LogP contribution in [0.4, 0.5) is 0 Å². The van der Waals surface area contributed by atoms with E-state index in [1.54, 1.807) is 18.2 Å². The van der Waals surface area contributed by atoms with Crippen molar-refractivity contribution in [3.8, 4) is 11.5 Å². The van der Waals surface area contributed by atoms with Crippen molar-refractivity contribution in [3.63, 3.8) is 0 Å². The highest BCUT2D eigenvalue weighted by Gasteiger charge is 2.28. The number of fused-ring (bicyclic) bond motifs is 2. The monoisotopic (exact) mass is 388 g/mol. The molecule has 9 heteroatoms. The molecule has 27 heavy (non-hydrogen) atoms. The lowest BCUT2D eigenvalue weighted by molar-refractivity contribution is -0.135. The molecule has 1 unspecified atom stereocenters. The van der Waals surface area contributed by atoms with Gasteiger partial charge < -0.3 is 14.0 Å². The Balaban J connectivity index is 1.30. The van der Waals surface area contributed by atoms with E-state index in [0.717, 1.165) is 36.8 Å². The maximum absolute atomic E-state index is 12.3. The van der Waals surface area contributed by atoms with Crippen molar-refractivity contribution in [2.75, 3.05) is 12.4 Å². The number of carbonyl (C=O) groups is 2. The van der Waals surface area contributed by atoms with E-state index in [1.165, 1.54) is 18.2 Å². The summed E-state index contributed by atoms with van der Waals surface area (Å²) in [5, 5.41) is 11.5. The molecule has 1 N–H and O–H groups in total. The SMILES string of the molecule is O=C(CSc1nnc2n1CCCCC2)NC(=O)C1COc2ccccc2O1. The van der Waals surface area contributed by atoms with Crippen molar-refractivity contribution in [1.82, 2.24) is 20.1 Å². The number of imide groups is 1. The van der Waals surface area contributed by atoms with Crippen molar-refractivity contribution in [3.05, 3.63) is 30.1 Å². The van der Waals surface area contributed by atoms with Gasteiger partial charge in [-0.1, -0.05) is 30.3 Å². The molecular weight excluding hydrogens is 368 g/mol. The zero-order chi connectivity index (χ0) is 18.6. The van der Waals surface area contributed by atoms with Gasteiger partial charge in [-0.15, -0.1) is 10.2 Å². The molecule has 1 aromatic heterocycles. The normalized spacial score (nSPS) is 18.3. The largest absolute Gasteiger partial charge is 0.485 e. The Morgan fingerprint density at radius 2 is 2.04 bits per heavy atom. The van der Waals surface area contributed by atoms with Crippen molar-refractivity contribution in [2.24, 2.45) is 0 Å². The van der Waals surface area contributed by atoms with Crippen LogP contribution in [0, 0.1) is 0 Å². The van der Waals surface area contributed by atoms with Crippen LogP contribution in [0.25, 0.3) is 0 Å². The minimum Gasteiger partial charge on any atom is -0.485 e. The van der Waals surface area contributed by atoms with Crippen molar-refractivity contribution in [2.45, 2.75) is 43.5 Å². The van der Waals surface area contributed by atoms with Crippen LogP contribution in [0.1, 0.15) is 25.1 Å². The number of hydrogen-bond acceptors (Lipinski definition) is 7. The number of nitrogens with one attached hydrogen (secondary N) is 1. The summed E-state index contributed by atoms with van der Waals surface area (Å²) in [7, 11) is 0. The molecular formula is C18H20N4O4S. The maximum atomic E-state index is 12.3. The van der Waals surface area contributed by atoms with E-state index in [4.69, 9.17) is 9.47 Å². The molecule has 2 aromatic rings. The molecule has 8 nitrogen and oxygen atoms in total. The highest BCUT2D eigenvalue weighted by molar-refractivity contribution is 7.99. The van der Waals surface area contributed by atoms with Gasteiger partial charge in [-0.3, -0.25) is 14.9 Å². The molecule has 0 saturated carbocycles. The third-order valence-electron chi connectivity index (χ3n) is 4.47. The van der Waals surface area contributed by atoms with Crippen molar-refractivity contribution in [1.29, 1.82) is 0 Å². The average molecular weight is 388 g/mol. The van der Waals surface area contributed by atoms with Crippen LogP contribution < -0.4 is 14.8 Å². The van der Waals surface area contributed by atoms with E-state index < -0.39 is 17.9 Å². The fraction of sp³-hybridized carbons (Fsp3) is 0.444. The fourth-order valence-corrected chi connectivity index (χ4v) is 3.88. The third kappa shape index (κ3) is 4.08. The number of aromatic nitrogens is 3. The number of benzene rings is 1. The van der Waals surface area contributed by atoms with Crippen LogP contribution in [0.3, 0.4) is 0 Å². The van der Waals surface area contributed by atoms with Crippen LogP contribution in [-0.2, 0) is 22.6 Å². The molecule has 1 atom stereocenters. The highest BCUT2D eigenvalue weighted by Crippen LogP contribution is 2.30. The Morgan fingerprint density at radius 3 is 2.93 bits per heavy atom. The average Bonchev–Trinajstić information content (AvgIpc) is 2.92. The Bertz CT molecular complexity index is 854. The quantitative estimate of drug-likeness (QED) is 0.795. The van der Waals surface area contributed by atoms with Crippen LogP contribution in [0.15, 0.2) is 29.4 Å². The summed E-state index contributed by atoms with van der Waals surface area (Å²) in [6.07, 6.45) is 3.44. The maximum Gasteiger partial charge on any atom is 0.271 e. The van der Waals surface area contributed by atoms with E-state index in [1.807, 2.05) is 6.07 Å². The number of ether oxygens (including phenoxy) is 2. The third-order valence-corrected chi connectivity index (χ3v) is 5.44. The minimum absolute atomic E-state index is 0.0704. The lowest BCUT2D eigenvalue weighted by Crippen LogP contribution is -2.46. The molecule has 0 radical (unpaired) electrons. The molecule has 2 aliphatic rings. The van der Waals surface area contributed by atoms with E-state index in [9.17, 15) is 9.59 Å². The van der Waals surface area contributed by atoms with Gasteiger partial charge >= 0.3 is 0 Å². The summed E-state index contributed by atoms with van der Waals surface area (Å²) in [5.74, 6) is 1.26. The Kier molecular flexibility index (Phi) is 5.28. The van der Waals surface area contributed by atoms with Gasteiger partial charge in [-0.2, -0.15) is 0 Å². The number of para-hydroxylation sites is 2. The number of hydrogen-bond donors (Lipinski definition) is 1. The second-order valence-electron chi connectivity index (χ2n) is 6.43. The summed E-state index contributed by atoms with van der Waals surface area (Å²) in [4.78, 5) is 24.4. The topological polar surface area (TPSA) is 95.3 Å². The van der Waals surface area contributed by atoms with Gasteiger partial charge in [-0.25, -0.2) is 0 Å². The Labute approximate surface area is 160 Å². The second kappa shape index (κ2) is 7.99. The summed E-state index contributed by atoms with van der Waals surface area (Å²) in [5.41, 5.74) is 0. The van der Waals surface area contributed by atoms with Crippen LogP contribution in [0.2, 0.25) is 0 Å². The van der Waals surface area contributed by atoms with Gasteiger partial charge in [0, 0.05) is 13.0 Å². The number of carbonyl (C=O) groups excluding carboxylic acids is 2. The number of amides is 2. The van der Waals surface area contributed by atoms with Gasteiger partial charge in [0.05, 0.1) is 5.75 Å². The summed E-state index contributed by atoms with van der Waals surface area (Å²) >= 11 is 1.29.